The second-order valence-electron chi connectivity index (χ2n) is 4.89. The average molecular weight is 344 g/mol. The van der Waals surface area contributed by atoms with Crippen LogP contribution in [0, 0.1) is 5.82 Å². The first-order valence-corrected chi connectivity index (χ1v) is 7.29. The molecule has 0 aliphatic carbocycles. The van der Waals surface area contributed by atoms with E-state index in [1.54, 1.807) is 25.3 Å². The zero-order valence-electron chi connectivity index (χ0n) is 13.7. The van der Waals surface area contributed by atoms with Gasteiger partial charge in [-0.15, -0.1) is 0 Å². The van der Waals surface area contributed by atoms with Gasteiger partial charge in [-0.25, -0.2) is 4.39 Å². The van der Waals surface area contributed by atoms with Crippen LogP contribution in [0.5, 0.6) is 11.5 Å². The number of rotatable bonds is 5. The molecule has 0 heterocycles. The van der Waals surface area contributed by atoms with E-state index in [9.17, 15) is 14.0 Å². The summed E-state index contributed by atoms with van der Waals surface area (Å²) in [6, 6.07) is 10.1. The molecule has 0 spiro atoms. The van der Waals surface area contributed by atoms with Gasteiger partial charge in [-0.1, -0.05) is 0 Å². The lowest BCUT2D eigenvalue weighted by molar-refractivity contribution is -0.117. The molecule has 6 nitrogen and oxygen atoms in total. The van der Waals surface area contributed by atoms with Crippen LogP contribution in [0.15, 0.2) is 48.5 Å². The van der Waals surface area contributed by atoms with Crippen molar-refractivity contribution < 1.29 is 23.5 Å². The third-order valence-corrected chi connectivity index (χ3v) is 3.26. The summed E-state index contributed by atoms with van der Waals surface area (Å²) in [6.07, 6.45) is 2.78. The molecular formula is C18H17FN2O4. The molecule has 0 radical (unpaired) electrons. The van der Waals surface area contributed by atoms with Gasteiger partial charge in [0.1, 0.15) is 17.3 Å². The second-order valence-corrected chi connectivity index (χ2v) is 4.89. The standard InChI is InChI=1S/C18H17FN2O4/c1-24-15-9-5-12(16(11-15)25-2)6-10-17(22)20-21-18(23)13-3-7-14(19)8-4-13/h3-11H,1-2H3,(H,20,22)(H,21,23). The lowest BCUT2D eigenvalue weighted by Gasteiger charge is -2.07. The van der Waals surface area contributed by atoms with E-state index in [4.69, 9.17) is 9.47 Å². The lowest BCUT2D eigenvalue weighted by Crippen LogP contribution is -2.40. The number of nitrogens with one attached hydrogen (secondary N) is 2. The van der Waals surface area contributed by atoms with Gasteiger partial charge in [0.25, 0.3) is 11.8 Å². The van der Waals surface area contributed by atoms with Crippen LogP contribution in [0.3, 0.4) is 0 Å². The molecule has 0 saturated heterocycles. The van der Waals surface area contributed by atoms with Crippen molar-refractivity contribution in [1.29, 1.82) is 0 Å². The van der Waals surface area contributed by atoms with Crippen LogP contribution in [-0.2, 0) is 4.79 Å². The third kappa shape index (κ3) is 5.07. The summed E-state index contributed by atoms with van der Waals surface area (Å²) in [4.78, 5) is 23.6. The molecule has 2 aromatic rings. The molecule has 2 rings (SSSR count). The van der Waals surface area contributed by atoms with E-state index in [0.29, 0.717) is 17.1 Å². The van der Waals surface area contributed by atoms with Gasteiger partial charge in [0, 0.05) is 23.3 Å². The lowest BCUT2D eigenvalue weighted by atomic mass is 10.1. The highest BCUT2D eigenvalue weighted by molar-refractivity contribution is 5.98. The van der Waals surface area contributed by atoms with Gasteiger partial charge in [0.2, 0.25) is 0 Å². The monoisotopic (exact) mass is 344 g/mol. The minimum atomic E-state index is -0.552. The molecule has 0 aliphatic rings. The molecule has 0 unspecified atom stereocenters. The summed E-state index contributed by atoms with van der Waals surface area (Å²) in [5, 5.41) is 0. The van der Waals surface area contributed by atoms with Crippen LogP contribution in [0.1, 0.15) is 15.9 Å². The fraction of sp³-hybridized carbons (Fsp3) is 0.111. The van der Waals surface area contributed by atoms with Crippen molar-refractivity contribution in [3.05, 3.63) is 65.5 Å². The predicted molar refractivity (Wildman–Crippen MR) is 90.6 cm³/mol. The van der Waals surface area contributed by atoms with Gasteiger partial charge in [-0.05, 0) is 42.5 Å². The van der Waals surface area contributed by atoms with Gasteiger partial charge in [-0.2, -0.15) is 0 Å². The molecule has 25 heavy (non-hydrogen) atoms. The summed E-state index contributed by atoms with van der Waals surface area (Å²) in [5.41, 5.74) is 5.37. The summed E-state index contributed by atoms with van der Waals surface area (Å²) < 4.78 is 23.1. The molecule has 2 amide bonds. The van der Waals surface area contributed by atoms with Crippen molar-refractivity contribution in [1.82, 2.24) is 10.9 Å². The van der Waals surface area contributed by atoms with Crippen molar-refractivity contribution >= 4 is 17.9 Å². The zero-order chi connectivity index (χ0) is 18.2. The molecular weight excluding hydrogens is 327 g/mol. The van der Waals surface area contributed by atoms with Gasteiger partial charge in [0.05, 0.1) is 14.2 Å². The highest BCUT2D eigenvalue weighted by atomic mass is 19.1. The number of hydrogen-bond donors (Lipinski definition) is 2. The first-order chi connectivity index (χ1) is 12.0. The van der Waals surface area contributed by atoms with Crippen LogP contribution in [0.25, 0.3) is 6.08 Å². The average Bonchev–Trinajstić information content (AvgIpc) is 2.64. The fourth-order valence-electron chi connectivity index (χ4n) is 1.96. The first-order valence-electron chi connectivity index (χ1n) is 7.29. The van der Waals surface area contributed by atoms with Gasteiger partial charge >= 0.3 is 0 Å². The van der Waals surface area contributed by atoms with E-state index in [-0.39, 0.29) is 5.56 Å². The quantitative estimate of drug-likeness (QED) is 0.645. The van der Waals surface area contributed by atoms with Gasteiger partial charge in [0.15, 0.2) is 0 Å². The van der Waals surface area contributed by atoms with Crippen LogP contribution in [0.4, 0.5) is 4.39 Å². The number of benzene rings is 2. The van der Waals surface area contributed by atoms with Crippen molar-refractivity contribution in [2.45, 2.75) is 0 Å². The van der Waals surface area contributed by atoms with Crippen LogP contribution in [-0.4, -0.2) is 26.0 Å². The smallest absolute Gasteiger partial charge is 0.269 e. The molecule has 0 aliphatic heterocycles. The number of carbonyl (C=O) groups excluding carboxylic acids is 2. The Morgan fingerprint density at radius 3 is 2.36 bits per heavy atom. The molecule has 0 fully saturated rings. The maximum absolute atomic E-state index is 12.8. The molecule has 7 heteroatoms. The normalized spacial score (nSPS) is 10.4. The molecule has 0 atom stereocenters. The topological polar surface area (TPSA) is 76.7 Å². The number of halogens is 1. The number of amides is 2. The van der Waals surface area contributed by atoms with Crippen LogP contribution < -0.4 is 20.3 Å². The maximum Gasteiger partial charge on any atom is 0.269 e. The van der Waals surface area contributed by atoms with E-state index in [1.165, 1.54) is 31.4 Å². The Labute approximate surface area is 144 Å². The Morgan fingerprint density at radius 1 is 1.00 bits per heavy atom. The number of ether oxygens (including phenoxy) is 2. The predicted octanol–water partition coefficient (Wildman–Crippen LogP) is 2.32. The Hall–Kier alpha value is -3.35. The molecule has 2 aromatic carbocycles. The number of carbonyl (C=O) groups is 2. The van der Waals surface area contributed by atoms with E-state index < -0.39 is 17.6 Å². The van der Waals surface area contributed by atoms with Crippen LogP contribution in [0.2, 0.25) is 0 Å². The van der Waals surface area contributed by atoms with Crippen LogP contribution >= 0.6 is 0 Å². The van der Waals surface area contributed by atoms with Crippen molar-refractivity contribution in [2.24, 2.45) is 0 Å². The summed E-state index contributed by atoms with van der Waals surface area (Å²) in [5.74, 6) is -0.363. The Balaban J connectivity index is 1.94. The van der Waals surface area contributed by atoms with Crippen molar-refractivity contribution in [3.8, 4) is 11.5 Å². The van der Waals surface area contributed by atoms with Gasteiger partial charge in [-0.3, -0.25) is 20.4 Å². The second kappa shape index (κ2) is 8.49. The highest BCUT2D eigenvalue weighted by Gasteiger charge is 2.06. The fourth-order valence-corrected chi connectivity index (χ4v) is 1.96. The summed E-state index contributed by atoms with van der Waals surface area (Å²) in [7, 11) is 3.05. The van der Waals surface area contributed by atoms with Crippen molar-refractivity contribution in [3.63, 3.8) is 0 Å². The zero-order valence-corrected chi connectivity index (χ0v) is 13.7. The number of hydrazine groups is 1. The minimum Gasteiger partial charge on any atom is -0.497 e. The van der Waals surface area contributed by atoms with E-state index >= 15 is 0 Å². The molecule has 2 N–H and O–H groups in total. The summed E-state index contributed by atoms with van der Waals surface area (Å²) >= 11 is 0. The van der Waals surface area contributed by atoms with E-state index in [0.717, 1.165) is 12.1 Å². The third-order valence-electron chi connectivity index (χ3n) is 3.26. The molecule has 0 saturated carbocycles. The largest absolute Gasteiger partial charge is 0.497 e. The summed E-state index contributed by atoms with van der Waals surface area (Å²) in [6.45, 7) is 0. The maximum atomic E-state index is 12.8. The molecule has 0 aromatic heterocycles. The number of methoxy groups -OCH3 is 2. The SMILES string of the molecule is COc1ccc(C=CC(=O)NNC(=O)c2ccc(F)cc2)c(OC)c1. The Bertz CT molecular complexity index is 788. The Kier molecular flexibility index (Phi) is 6.11. The van der Waals surface area contributed by atoms with Gasteiger partial charge < -0.3 is 9.47 Å². The first kappa shape index (κ1) is 18.0. The molecule has 0 bridgehead atoms. The molecule has 130 valence electrons. The highest BCUT2D eigenvalue weighted by Crippen LogP contribution is 2.25. The Morgan fingerprint density at radius 2 is 1.72 bits per heavy atom. The minimum absolute atomic E-state index is 0.225. The van der Waals surface area contributed by atoms with Crippen molar-refractivity contribution in [2.75, 3.05) is 14.2 Å². The van der Waals surface area contributed by atoms with E-state index in [1.807, 2.05) is 0 Å². The van der Waals surface area contributed by atoms with E-state index in [2.05, 4.69) is 10.9 Å². The number of hydrogen-bond acceptors (Lipinski definition) is 4.